The summed E-state index contributed by atoms with van der Waals surface area (Å²) in [6.45, 7) is 0. The van der Waals surface area contributed by atoms with Crippen molar-refractivity contribution in [1.29, 1.82) is 0 Å². The second-order valence-electron chi connectivity index (χ2n) is 14.1. The highest BCUT2D eigenvalue weighted by molar-refractivity contribution is 7.26. The molecule has 0 saturated carbocycles. The fourth-order valence-electron chi connectivity index (χ4n) is 8.44. The third-order valence-electron chi connectivity index (χ3n) is 11.0. The lowest BCUT2D eigenvalue weighted by Gasteiger charge is -2.35. The molecule has 0 aliphatic rings. The van der Waals surface area contributed by atoms with E-state index in [1.807, 2.05) is 11.3 Å². The smallest absolute Gasteiger partial charge is 0.179 e. The van der Waals surface area contributed by atoms with Crippen molar-refractivity contribution in [3.05, 3.63) is 224 Å². The molecule has 9 aromatic carbocycles. The van der Waals surface area contributed by atoms with Crippen LogP contribution in [0.1, 0.15) is 0 Å². The minimum absolute atomic E-state index is 1.12. The van der Waals surface area contributed by atoms with Gasteiger partial charge in [0.05, 0.1) is 0 Å². The van der Waals surface area contributed by atoms with E-state index in [-0.39, 0.29) is 0 Å². The van der Waals surface area contributed by atoms with Gasteiger partial charge in [0.2, 0.25) is 0 Å². The second kappa shape index (κ2) is 14.0. The maximum absolute atomic E-state index is 2.66. The Hall–Kier alpha value is -6.52. The number of anilines is 3. The zero-order valence-electron chi connectivity index (χ0n) is 30.2. The molecule has 0 spiro atoms. The first kappa shape index (κ1) is 33.1. The van der Waals surface area contributed by atoms with Crippen LogP contribution in [0.25, 0.3) is 42.1 Å². The number of rotatable bonds is 8. The van der Waals surface area contributed by atoms with Gasteiger partial charge in [0, 0.05) is 37.2 Å². The molecule has 0 atom stereocenters. The third-order valence-corrected chi connectivity index (χ3v) is 17.0. The van der Waals surface area contributed by atoms with Gasteiger partial charge in [-0.25, -0.2) is 0 Å². The lowest BCUT2D eigenvalue weighted by molar-refractivity contribution is 1.29. The summed E-state index contributed by atoms with van der Waals surface area (Å²) in [5, 5.41) is 10.7. The summed E-state index contributed by atoms with van der Waals surface area (Å²) in [7, 11) is -2.66. The maximum atomic E-state index is 2.42. The van der Waals surface area contributed by atoms with Crippen LogP contribution in [0, 0.1) is 0 Å². The molecular weight excluding hydrogens is 699 g/mol. The highest BCUT2D eigenvalue weighted by Gasteiger charge is 2.41. The molecule has 55 heavy (non-hydrogen) atoms. The van der Waals surface area contributed by atoms with Crippen LogP contribution < -0.4 is 25.6 Å². The van der Waals surface area contributed by atoms with E-state index >= 15 is 0 Å². The monoisotopic (exact) mass is 735 g/mol. The summed E-state index contributed by atoms with van der Waals surface area (Å²) in [5.41, 5.74) is 5.80. The molecule has 1 heterocycles. The maximum Gasteiger partial charge on any atom is 0.179 e. The van der Waals surface area contributed by atoms with Crippen molar-refractivity contribution in [2.75, 3.05) is 4.90 Å². The molecule has 10 rings (SSSR count). The SMILES string of the molecule is c1ccc(-c2ccc(N(c3ccc([Si](c4ccccc4)(c4ccccc4)c4ccccc4)cc3)c3ccc4sc5c6ccccc6ccc5c4c3)cc2)cc1. The van der Waals surface area contributed by atoms with E-state index in [4.69, 9.17) is 0 Å². The molecule has 0 amide bonds. The Balaban J connectivity index is 1.16. The summed E-state index contributed by atoms with van der Waals surface area (Å²) in [6.07, 6.45) is 0. The van der Waals surface area contributed by atoms with Gasteiger partial charge in [-0.2, -0.15) is 0 Å². The van der Waals surface area contributed by atoms with E-state index in [1.54, 1.807) is 0 Å². The molecule has 0 saturated heterocycles. The molecule has 0 aliphatic heterocycles. The zero-order valence-corrected chi connectivity index (χ0v) is 32.0. The van der Waals surface area contributed by atoms with Crippen molar-refractivity contribution >= 4 is 88.2 Å². The molecule has 260 valence electrons. The summed E-state index contributed by atoms with van der Waals surface area (Å²) >= 11 is 1.89. The van der Waals surface area contributed by atoms with Crippen molar-refractivity contribution < 1.29 is 0 Å². The van der Waals surface area contributed by atoms with Crippen LogP contribution >= 0.6 is 11.3 Å². The van der Waals surface area contributed by atoms with Gasteiger partial charge in [0.25, 0.3) is 0 Å². The van der Waals surface area contributed by atoms with Crippen molar-refractivity contribution in [3.8, 4) is 11.1 Å². The Bertz CT molecular complexity index is 2790. The third kappa shape index (κ3) is 5.77. The van der Waals surface area contributed by atoms with E-state index in [0.717, 1.165) is 17.1 Å². The van der Waals surface area contributed by atoms with Gasteiger partial charge in [-0.1, -0.05) is 182 Å². The van der Waals surface area contributed by atoms with Crippen LogP contribution in [0.3, 0.4) is 0 Å². The predicted octanol–water partition coefficient (Wildman–Crippen LogP) is 11.7. The molecular formula is C52H37NSSi. The largest absolute Gasteiger partial charge is 0.310 e. The van der Waals surface area contributed by atoms with E-state index in [2.05, 4.69) is 229 Å². The Morgan fingerprint density at radius 3 is 1.40 bits per heavy atom. The average molecular weight is 736 g/mol. The average Bonchev–Trinajstić information content (AvgIpc) is 3.65. The van der Waals surface area contributed by atoms with E-state index in [9.17, 15) is 0 Å². The van der Waals surface area contributed by atoms with Gasteiger partial charge in [0.1, 0.15) is 0 Å². The van der Waals surface area contributed by atoms with Crippen LogP contribution in [0.15, 0.2) is 224 Å². The van der Waals surface area contributed by atoms with Crippen molar-refractivity contribution in [3.63, 3.8) is 0 Å². The number of nitrogens with zero attached hydrogens (tertiary/aromatic N) is 1. The van der Waals surface area contributed by atoms with Crippen molar-refractivity contribution in [2.24, 2.45) is 0 Å². The Morgan fingerprint density at radius 2 is 0.800 bits per heavy atom. The van der Waals surface area contributed by atoms with E-state index in [0.29, 0.717) is 0 Å². The molecule has 1 aromatic heterocycles. The molecule has 0 unspecified atom stereocenters. The van der Waals surface area contributed by atoms with Crippen LogP contribution in [-0.4, -0.2) is 8.07 Å². The van der Waals surface area contributed by atoms with Gasteiger partial charge >= 0.3 is 0 Å². The number of hydrogen-bond donors (Lipinski definition) is 0. The van der Waals surface area contributed by atoms with Gasteiger partial charge in [-0.3, -0.25) is 0 Å². The van der Waals surface area contributed by atoms with Gasteiger partial charge < -0.3 is 4.90 Å². The molecule has 0 aliphatic carbocycles. The lowest BCUT2D eigenvalue weighted by atomic mass is 10.0. The minimum Gasteiger partial charge on any atom is -0.310 e. The quantitative estimate of drug-likeness (QED) is 0.111. The Morgan fingerprint density at radius 1 is 0.327 bits per heavy atom. The number of thiophene rings is 1. The first-order valence-electron chi connectivity index (χ1n) is 18.8. The fraction of sp³-hybridized carbons (Fsp3) is 0. The van der Waals surface area contributed by atoms with Crippen molar-refractivity contribution in [1.82, 2.24) is 0 Å². The van der Waals surface area contributed by atoms with Gasteiger partial charge in [-0.15, -0.1) is 11.3 Å². The van der Waals surface area contributed by atoms with Crippen LogP contribution in [0.4, 0.5) is 17.1 Å². The number of benzene rings is 9. The van der Waals surface area contributed by atoms with E-state index in [1.165, 1.54) is 62.8 Å². The van der Waals surface area contributed by atoms with Crippen LogP contribution in [0.2, 0.25) is 0 Å². The predicted molar refractivity (Wildman–Crippen MR) is 241 cm³/mol. The van der Waals surface area contributed by atoms with E-state index < -0.39 is 8.07 Å². The van der Waals surface area contributed by atoms with Crippen LogP contribution in [-0.2, 0) is 0 Å². The Kier molecular flexibility index (Phi) is 8.44. The van der Waals surface area contributed by atoms with Crippen LogP contribution in [0.5, 0.6) is 0 Å². The fourth-order valence-corrected chi connectivity index (χ4v) is 14.4. The Labute approximate surface area is 327 Å². The van der Waals surface area contributed by atoms with Crippen molar-refractivity contribution in [2.45, 2.75) is 0 Å². The first-order chi connectivity index (χ1) is 27.3. The summed E-state index contributed by atoms with van der Waals surface area (Å²) in [6, 6.07) is 82.8. The molecule has 0 N–H and O–H groups in total. The molecule has 10 aromatic rings. The topological polar surface area (TPSA) is 3.24 Å². The molecule has 3 heteroatoms. The molecule has 0 radical (unpaired) electrons. The zero-order chi connectivity index (χ0) is 36.6. The highest BCUT2D eigenvalue weighted by Crippen LogP contribution is 2.42. The molecule has 1 nitrogen and oxygen atoms in total. The normalized spacial score (nSPS) is 11.6. The molecule has 0 fully saturated rings. The number of fused-ring (bicyclic) bond motifs is 5. The standard InChI is InChI=1S/C52H37NSSi/c1-5-15-38(16-6-1)39-25-28-41(29-26-39)53(43-32-36-51-50(37-43)49-35-27-40-17-13-14-24-48(40)52(49)54-51)42-30-33-47(34-31-42)55(44-18-7-2-8-19-44,45-20-9-3-10-21-45)46-22-11-4-12-23-46/h1-37H. The van der Waals surface area contributed by atoms with Gasteiger partial charge in [0.15, 0.2) is 8.07 Å². The number of hydrogen-bond acceptors (Lipinski definition) is 2. The van der Waals surface area contributed by atoms with Gasteiger partial charge in [-0.05, 0) is 85.1 Å². The summed E-state index contributed by atoms with van der Waals surface area (Å²) in [5.74, 6) is 0. The first-order valence-corrected chi connectivity index (χ1v) is 21.7. The summed E-state index contributed by atoms with van der Waals surface area (Å²) < 4.78 is 2.64. The second-order valence-corrected chi connectivity index (χ2v) is 19.0. The summed E-state index contributed by atoms with van der Waals surface area (Å²) in [4.78, 5) is 2.42. The molecule has 0 bridgehead atoms. The minimum atomic E-state index is -2.66. The lowest BCUT2D eigenvalue weighted by Crippen LogP contribution is -2.74. The highest BCUT2D eigenvalue weighted by atomic mass is 32.1.